The van der Waals surface area contributed by atoms with Crippen LogP contribution in [0.25, 0.3) is 0 Å². The zero-order valence-corrected chi connectivity index (χ0v) is 12.6. The van der Waals surface area contributed by atoms with Crippen molar-refractivity contribution in [1.29, 1.82) is 0 Å². The molecular weight excluding hydrogens is 286 g/mol. The van der Waals surface area contributed by atoms with Crippen LogP contribution in [-0.4, -0.2) is 49.5 Å². The van der Waals surface area contributed by atoms with Crippen LogP contribution in [0.1, 0.15) is 11.1 Å². The number of carboxylic acid groups (broad SMARTS) is 1. The lowest BCUT2D eigenvalue weighted by atomic mass is 9.98. The monoisotopic (exact) mass is 307 g/mol. The second kappa shape index (κ2) is 7.91. The van der Waals surface area contributed by atoms with E-state index in [-0.39, 0.29) is 19.1 Å². The maximum Gasteiger partial charge on any atom is 0.308 e. The van der Waals surface area contributed by atoms with Crippen molar-refractivity contribution < 1.29 is 24.2 Å². The van der Waals surface area contributed by atoms with Crippen molar-refractivity contribution >= 4 is 11.9 Å². The van der Waals surface area contributed by atoms with Crippen LogP contribution >= 0.6 is 0 Å². The highest BCUT2D eigenvalue weighted by Crippen LogP contribution is 2.11. The Hall–Kier alpha value is -1.92. The summed E-state index contributed by atoms with van der Waals surface area (Å²) in [5.41, 5.74) is 2.03. The summed E-state index contributed by atoms with van der Waals surface area (Å²) in [6, 6.07) is 7.70. The van der Waals surface area contributed by atoms with Crippen molar-refractivity contribution in [2.24, 2.45) is 5.92 Å². The zero-order chi connectivity index (χ0) is 15.9. The highest BCUT2D eigenvalue weighted by atomic mass is 16.6. The number of ether oxygens (including phenoxy) is 2. The Kier molecular flexibility index (Phi) is 5.91. The SMILES string of the molecule is Cc1cccc(C[C@@H](CNC(=O)[C@H]2COCCO2)C(=O)O)c1. The van der Waals surface area contributed by atoms with E-state index in [2.05, 4.69) is 5.32 Å². The van der Waals surface area contributed by atoms with Gasteiger partial charge in [0.15, 0.2) is 6.10 Å². The summed E-state index contributed by atoms with van der Waals surface area (Å²) < 4.78 is 10.4. The molecule has 6 nitrogen and oxygen atoms in total. The first-order valence-corrected chi connectivity index (χ1v) is 7.31. The Balaban J connectivity index is 1.88. The smallest absolute Gasteiger partial charge is 0.308 e. The predicted octanol–water partition coefficient (Wildman–Crippen LogP) is 0.770. The van der Waals surface area contributed by atoms with Crippen LogP contribution in [-0.2, 0) is 25.5 Å². The fourth-order valence-electron chi connectivity index (χ4n) is 2.35. The highest BCUT2D eigenvalue weighted by Gasteiger charge is 2.25. The highest BCUT2D eigenvalue weighted by molar-refractivity contribution is 5.81. The number of hydrogen-bond donors (Lipinski definition) is 2. The molecule has 1 saturated heterocycles. The van der Waals surface area contributed by atoms with Crippen LogP contribution in [0.15, 0.2) is 24.3 Å². The van der Waals surface area contributed by atoms with Crippen LogP contribution in [0.3, 0.4) is 0 Å². The summed E-state index contributed by atoms with van der Waals surface area (Å²) >= 11 is 0. The van der Waals surface area contributed by atoms with Crippen molar-refractivity contribution in [3.8, 4) is 0 Å². The minimum atomic E-state index is -0.928. The molecule has 0 unspecified atom stereocenters. The molecule has 1 amide bonds. The molecule has 2 rings (SSSR count). The van der Waals surface area contributed by atoms with Gasteiger partial charge in [-0.1, -0.05) is 29.8 Å². The van der Waals surface area contributed by atoms with Crippen molar-refractivity contribution in [3.63, 3.8) is 0 Å². The number of benzene rings is 1. The number of amides is 1. The number of carbonyl (C=O) groups is 2. The first kappa shape index (κ1) is 16.5. The molecule has 1 fully saturated rings. The minimum Gasteiger partial charge on any atom is -0.481 e. The van der Waals surface area contributed by atoms with Gasteiger partial charge in [0.1, 0.15) is 0 Å². The second-order valence-electron chi connectivity index (χ2n) is 5.41. The van der Waals surface area contributed by atoms with E-state index in [1.54, 1.807) is 0 Å². The summed E-state index contributed by atoms with van der Waals surface area (Å²) in [5, 5.41) is 12.0. The lowest BCUT2D eigenvalue weighted by Gasteiger charge is -2.23. The van der Waals surface area contributed by atoms with E-state index in [9.17, 15) is 14.7 Å². The molecule has 6 heteroatoms. The Morgan fingerprint density at radius 1 is 1.41 bits per heavy atom. The second-order valence-corrected chi connectivity index (χ2v) is 5.41. The molecular formula is C16H21NO5. The molecule has 1 aromatic rings. The topological polar surface area (TPSA) is 84.9 Å². The summed E-state index contributed by atoms with van der Waals surface area (Å²) in [7, 11) is 0. The number of carbonyl (C=O) groups excluding carboxylic acids is 1. The molecule has 0 aliphatic carbocycles. The van der Waals surface area contributed by atoms with Crippen molar-refractivity contribution in [1.82, 2.24) is 5.32 Å². The van der Waals surface area contributed by atoms with E-state index in [0.717, 1.165) is 11.1 Å². The molecule has 120 valence electrons. The minimum absolute atomic E-state index is 0.0714. The van der Waals surface area contributed by atoms with E-state index in [4.69, 9.17) is 9.47 Å². The third kappa shape index (κ3) is 4.82. The van der Waals surface area contributed by atoms with Gasteiger partial charge >= 0.3 is 5.97 Å². The normalized spacial score (nSPS) is 19.4. The van der Waals surface area contributed by atoms with Gasteiger partial charge < -0.3 is 19.9 Å². The van der Waals surface area contributed by atoms with Crippen molar-refractivity contribution in [2.45, 2.75) is 19.4 Å². The van der Waals surface area contributed by atoms with Crippen LogP contribution in [0.5, 0.6) is 0 Å². The Labute approximate surface area is 129 Å². The molecule has 0 saturated carbocycles. The molecule has 2 N–H and O–H groups in total. The van der Waals surface area contributed by atoms with Gasteiger partial charge in [-0.15, -0.1) is 0 Å². The molecule has 0 spiro atoms. The van der Waals surface area contributed by atoms with Crippen LogP contribution in [0, 0.1) is 12.8 Å². The van der Waals surface area contributed by atoms with E-state index in [1.165, 1.54) is 0 Å². The summed E-state index contributed by atoms with van der Waals surface area (Å²) in [4.78, 5) is 23.3. The maximum atomic E-state index is 11.9. The van der Waals surface area contributed by atoms with Gasteiger partial charge in [-0.25, -0.2) is 0 Å². The van der Waals surface area contributed by atoms with Crippen molar-refractivity contribution in [3.05, 3.63) is 35.4 Å². The third-order valence-corrected chi connectivity index (χ3v) is 3.54. The number of nitrogens with one attached hydrogen (secondary N) is 1. The summed E-state index contributed by atoms with van der Waals surface area (Å²) in [6.07, 6.45) is -0.276. The zero-order valence-electron chi connectivity index (χ0n) is 12.6. The predicted molar refractivity (Wildman–Crippen MR) is 79.6 cm³/mol. The molecule has 0 radical (unpaired) electrons. The first-order chi connectivity index (χ1) is 10.6. The van der Waals surface area contributed by atoms with E-state index in [0.29, 0.717) is 19.6 Å². The van der Waals surface area contributed by atoms with Gasteiger partial charge in [0.05, 0.1) is 25.7 Å². The lowest BCUT2D eigenvalue weighted by molar-refractivity contribution is -0.148. The molecule has 0 aromatic heterocycles. The standard InChI is InChI=1S/C16H21NO5/c1-11-3-2-4-12(7-11)8-13(16(19)20)9-17-15(18)14-10-21-5-6-22-14/h2-4,7,13-14H,5-6,8-10H2,1H3,(H,17,18)(H,19,20)/t13-,14+/m0/s1. The number of aryl methyl sites for hydroxylation is 1. The van der Waals surface area contributed by atoms with Gasteiger partial charge in [0, 0.05) is 6.54 Å². The average Bonchev–Trinajstić information content (AvgIpc) is 2.51. The number of carboxylic acids is 1. The van der Waals surface area contributed by atoms with E-state index in [1.807, 2.05) is 31.2 Å². The Bertz CT molecular complexity index is 525. The summed E-state index contributed by atoms with van der Waals surface area (Å²) in [6.45, 7) is 3.10. The maximum absolute atomic E-state index is 11.9. The Morgan fingerprint density at radius 3 is 2.86 bits per heavy atom. The van der Waals surface area contributed by atoms with E-state index < -0.39 is 18.0 Å². The van der Waals surface area contributed by atoms with E-state index >= 15 is 0 Å². The fourth-order valence-corrected chi connectivity index (χ4v) is 2.35. The number of hydrogen-bond acceptors (Lipinski definition) is 4. The van der Waals surface area contributed by atoms with Crippen molar-refractivity contribution in [2.75, 3.05) is 26.4 Å². The molecule has 22 heavy (non-hydrogen) atoms. The molecule has 1 aromatic carbocycles. The van der Waals surface area contributed by atoms with Gasteiger partial charge in [0.25, 0.3) is 5.91 Å². The molecule has 1 aliphatic heterocycles. The Morgan fingerprint density at radius 2 is 2.23 bits per heavy atom. The van der Waals surface area contributed by atoms with Crippen LogP contribution in [0.4, 0.5) is 0 Å². The molecule has 1 aliphatic rings. The van der Waals surface area contributed by atoms with Gasteiger partial charge in [-0.3, -0.25) is 9.59 Å². The molecule has 0 bridgehead atoms. The quantitative estimate of drug-likeness (QED) is 0.811. The lowest BCUT2D eigenvalue weighted by Crippen LogP contribution is -2.45. The average molecular weight is 307 g/mol. The molecule has 2 atom stereocenters. The number of rotatable bonds is 6. The number of aliphatic carboxylic acids is 1. The first-order valence-electron chi connectivity index (χ1n) is 7.31. The third-order valence-electron chi connectivity index (χ3n) is 3.54. The van der Waals surface area contributed by atoms with Crippen LogP contribution < -0.4 is 5.32 Å². The van der Waals surface area contributed by atoms with Gasteiger partial charge in [0.2, 0.25) is 0 Å². The fraction of sp³-hybridized carbons (Fsp3) is 0.500. The molecule has 1 heterocycles. The summed E-state index contributed by atoms with van der Waals surface area (Å²) in [5.74, 6) is -1.92. The van der Waals surface area contributed by atoms with Crippen LogP contribution in [0.2, 0.25) is 0 Å². The van der Waals surface area contributed by atoms with Gasteiger partial charge in [-0.05, 0) is 18.9 Å². The van der Waals surface area contributed by atoms with Gasteiger partial charge in [-0.2, -0.15) is 0 Å². The largest absolute Gasteiger partial charge is 0.481 e.